The van der Waals surface area contributed by atoms with Crippen LogP contribution in [0.5, 0.6) is 0 Å². The van der Waals surface area contributed by atoms with Crippen molar-refractivity contribution in [2.75, 3.05) is 19.6 Å². The summed E-state index contributed by atoms with van der Waals surface area (Å²) in [4.78, 5) is 7.37. The molecule has 0 saturated carbocycles. The molecule has 5 heteroatoms. The molecule has 3 heterocycles. The Hall–Kier alpha value is -0.910. The maximum Gasteiger partial charge on any atom is 0.212 e. The van der Waals surface area contributed by atoms with E-state index < -0.39 is 0 Å². The van der Waals surface area contributed by atoms with Gasteiger partial charge < -0.3 is 9.73 Å². The van der Waals surface area contributed by atoms with Crippen molar-refractivity contribution >= 4 is 27.0 Å². The molecule has 1 aromatic carbocycles. The summed E-state index contributed by atoms with van der Waals surface area (Å²) in [6.45, 7) is 3.44. The van der Waals surface area contributed by atoms with Gasteiger partial charge in [-0.25, -0.2) is 4.98 Å². The van der Waals surface area contributed by atoms with Gasteiger partial charge in [-0.2, -0.15) is 0 Å². The van der Waals surface area contributed by atoms with Gasteiger partial charge in [0.25, 0.3) is 0 Å². The summed E-state index contributed by atoms with van der Waals surface area (Å²) in [6.07, 6.45) is 4.88. The lowest BCUT2D eigenvalue weighted by Gasteiger charge is -2.34. The number of hydrogen-bond acceptors (Lipinski definition) is 4. The average molecular weight is 350 g/mol. The molecule has 2 fully saturated rings. The minimum absolute atomic E-state index is 0.354. The van der Waals surface area contributed by atoms with Gasteiger partial charge >= 0.3 is 0 Å². The molecule has 1 aromatic heterocycles. The summed E-state index contributed by atoms with van der Waals surface area (Å²) in [5.41, 5.74) is 1.83. The van der Waals surface area contributed by atoms with Crippen molar-refractivity contribution in [3.8, 4) is 0 Å². The van der Waals surface area contributed by atoms with Crippen LogP contribution in [0.15, 0.2) is 27.1 Å². The number of nitrogens with one attached hydrogen (secondary N) is 1. The van der Waals surface area contributed by atoms with E-state index in [1.807, 2.05) is 18.2 Å². The van der Waals surface area contributed by atoms with Crippen LogP contribution in [0, 0.1) is 0 Å². The number of likely N-dealkylation sites (tertiary alicyclic amines) is 1. The van der Waals surface area contributed by atoms with Crippen LogP contribution in [0.25, 0.3) is 11.1 Å². The highest BCUT2D eigenvalue weighted by Crippen LogP contribution is 2.37. The maximum atomic E-state index is 6.09. The highest BCUT2D eigenvalue weighted by molar-refractivity contribution is 9.10. The van der Waals surface area contributed by atoms with Crippen LogP contribution in [-0.2, 0) is 0 Å². The van der Waals surface area contributed by atoms with Crippen LogP contribution in [-0.4, -0.2) is 35.6 Å². The Bertz CT molecular complexity index is 635. The van der Waals surface area contributed by atoms with E-state index in [0.717, 1.165) is 41.0 Å². The molecular weight excluding hydrogens is 330 g/mol. The second-order valence-electron chi connectivity index (χ2n) is 6.02. The normalized spacial score (nSPS) is 24.9. The third-order valence-electron chi connectivity index (χ3n) is 4.74. The number of benzene rings is 1. The molecule has 112 valence electrons. The highest BCUT2D eigenvalue weighted by Gasteiger charge is 2.35. The molecule has 0 amide bonds. The van der Waals surface area contributed by atoms with Gasteiger partial charge in [0.15, 0.2) is 5.58 Å². The van der Waals surface area contributed by atoms with Crippen LogP contribution in [0.1, 0.15) is 37.6 Å². The first-order valence-corrected chi connectivity index (χ1v) is 8.63. The Morgan fingerprint density at radius 3 is 2.90 bits per heavy atom. The van der Waals surface area contributed by atoms with Crippen molar-refractivity contribution in [1.29, 1.82) is 0 Å². The number of rotatable bonds is 2. The predicted molar refractivity (Wildman–Crippen MR) is 86.3 cm³/mol. The SMILES string of the molecule is Brc1cccc2nc(C3CCCN3C3CCNCC3)oc12. The molecule has 0 radical (unpaired) electrons. The van der Waals surface area contributed by atoms with Crippen LogP contribution >= 0.6 is 15.9 Å². The number of aromatic nitrogens is 1. The van der Waals surface area contributed by atoms with Gasteiger partial charge in [0.1, 0.15) is 5.52 Å². The zero-order chi connectivity index (χ0) is 14.2. The lowest BCUT2D eigenvalue weighted by Crippen LogP contribution is -2.42. The molecule has 1 N–H and O–H groups in total. The average Bonchev–Trinajstić information content (AvgIpc) is 3.15. The van der Waals surface area contributed by atoms with Crippen molar-refractivity contribution in [1.82, 2.24) is 15.2 Å². The Balaban J connectivity index is 1.64. The minimum Gasteiger partial charge on any atom is -0.438 e. The first-order chi connectivity index (χ1) is 10.3. The monoisotopic (exact) mass is 349 g/mol. The van der Waals surface area contributed by atoms with Gasteiger partial charge in [0, 0.05) is 6.04 Å². The van der Waals surface area contributed by atoms with Gasteiger partial charge in [0.05, 0.1) is 10.5 Å². The van der Waals surface area contributed by atoms with E-state index in [1.165, 1.54) is 25.8 Å². The minimum atomic E-state index is 0.354. The number of halogens is 1. The summed E-state index contributed by atoms with van der Waals surface area (Å²) in [6, 6.07) is 7.08. The number of piperidine rings is 1. The molecule has 0 aliphatic carbocycles. The number of para-hydroxylation sites is 1. The molecule has 4 nitrogen and oxygen atoms in total. The number of oxazole rings is 1. The van der Waals surface area contributed by atoms with Gasteiger partial charge in [-0.05, 0) is 73.4 Å². The van der Waals surface area contributed by atoms with Crippen molar-refractivity contribution in [2.24, 2.45) is 0 Å². The van der Waals surface area contributed by atoms with E-state index in [0.29, 0.717) is 12.1 Å². The van der Waals surface area contributed by atoms with Crippen molar-refractivity contribution in [2.45, 2.75) is 37.8 Å². The smallest absolute Gasteiger partial charge is 0.212 e. The molecule has 0 bridgehead atoms. The number of nitrogens with zero attached hydrogens (tertiary/aromatic N) is 2. The first-order valence-electron chi connectivity index (χ1n) is 7.84. The highest BCUT2D eigenvalue weighted by atomic mass is 79.9. The fourth-order valence-electron chi connectivity index (χ4n) is 3.70. The number of fused-ring (bicyclic) bond motifs is 1. The Kier molecular flexibility index (Phi) is 3.73. The summed E-state index contributed by atoms with van der Waals surface area (Å²) >= 11 is 3.55. The quantitative estimate of drug-likeness (QED) is 0.900. The lowest BCUT2D eigenvalue weighted by atomic mass is 10.0. The van der Waals surface area contributed by atoms with Crippen LogP contribution in [0.4, 0.5) is 0 Å². The van der Waals surface area contributed by atoms with Crippen molar-refractivity contribution in [3.63, 3.8) is 0 Å². The molecule has 1 unspecified atom stereocenters. The Morgan fingerprint density at radius 2 is 2.10 bits per heavy atom. The number of hydrogen-bond donors (Lipinski definition) is 1. The standard InChI is InChI=1S/C16H20BrN3O/c17-12-3-1-4-13-15(12)21-16(19-13)14-5-2-10-20(14)11-6-8-18-9-7-11/h1,3-4,11,14,18H,2,5-10H2. The molecule has 1 atom stereocenters. The predicted octanol–water partition coefficient (Wildman–Crippen LogP) is 3.48. The molecule has 4 rings (SSSR count). The Labute approximate surface area is 133 Å². The maximum absolute atomic E-state index is 6.09. The van der Waals surface area contributed by atoms with Crippen LogP contribution in [0.2, 0.25) is 0 Å². The van der Waals surface area contributed by atoms with Crippen LogP contribution < -0.4 is 5.32 Å². The van der Waals surface area contributed by atoms with Gasteiger partial charge in [-0.3, -0.25) is 4.90 Å². The van der Waals surface area contributed by atoms with Crippen molar-refractivity contribution < 1.29 is 4.42 Å². The zero-order valence-corrected chi connectivity index (χ0v) is 13.6. The molecular formula is C16H20BrN3O. The van der Waals surface area contributed by atoms with E-state index in [-0.39, 0.29) is 0 Å². The summed E-state index contributed by atoms with van der Waals surface area (Å²) in [7, 11) is 0. The first kappa shape index (κ1) is 13.7. The summed E-state index contributed by atoms with van der Waals surface area (Å²) < 4.78 is 7.08. The molecule has 21 heavy (non-hydrogen) atoms. The third-order valence-corrected chi connectivity index (χ3v) is 5.36. The molecule has 2 saturated heterocycles. The van der Waals surface area contributed by atoms with Gasteiger partial charge in [-0.1, -0.05) is 6.07 Å². The second kappa shape index (κ2) is 5.71. The fourth-order valence-corrected chi connectivity index (χ4v) is 4.14. The summed E-state index contributed by atoms with van der Waals surface area (Å²) in [5.74, 6) is 0.896. The molecule has 0 spiro atoms. The third kappa shape index (κ3) is 2.51. The zero-order valence-electron chi connectivity index (χ0n) is 12.0. The van der Waals surface area contributed by atoms with E-state index in [1.54, 1.807) is 0 Å². The van der Waals surface area contributed by atoms with E-state index >= 15 is 0 Å². The lowest BCUT2D eigenvalue weighted by molar-refractivity contribution is 0.132. The molecule has 2 aromatic rings. The van der Waals surface area contributed by atoms with Gasteiger partial charge in [0.2, 0.25) is 5.89 Å². The second-order valence-corrected chi connectivity index (χ2v) is 6.87. The largest absolute Gasteiger partial charge is 0.438 e. The van der Waals surface area contributed by atoms with Crippen molar-refractivity contribution in [3.05, 3.63) is 28.6 Å². The van der Waals surface area contributed by atoms with Gasteiger partial charge in [-0.15, -0.1) is 0 Å². The van der Waals surface area contributed by atoms with Crippen LogP contribution in [0.3, 0.4) is 0 Å². The summed E-state index contributed by atoms with van der Waals surface area (Å²) in [5, 5.41) is 3.45. The fraction of sp³-hybridized carbons (Fsp3) is 0.562. The topological polar surface area (TPSA) is 41.3 Å². The Morgan fingerprint density at radius 1 is 1.24 bits per heavy atom. The molecule has 2 aliphatic rings. The van der Waals surface area contributed by atoms with E-state index in [4.69, 9.17) is 9.40 Å². The van der Waals surface area contributed by atoms with E-state index in [9.17, 15) is 0 Å². The van der Waals surface area contributed by atoms with E-state index in [2.05, 4.69) is 26.1 Å². The molecule has 2 aliphatic heterocycles.